The summed E-state index contributed by atoms with van der Waals surface area (Å²) in [6.45, 7) is 8.46. The summed E-state index contributed by atoms with van der Waals surface area (Å²) >= 11 is 0. The zero-order valence-corrected chi connectivity index (χ0v) is 17.1. The van der Waals surface area contributed by atoms with Crippen LogP contribution in [-0.4, -0.2) is 9.13 Å². The van der Waals surface area contributed by atoms with Crippen LogP contribution < -0.4 is 11.0 Å². The third kappa shape index (κ3) is 4.47. The van der Waals surface area contributed by atoms with Gasteiger partial charge in [0.25, 0.3) is 0 Å². The molecule has 0 unspecified atom stereocenters. The molecule has 0 aliphatic carbocycles. The van der Waals surface area contributed by atoms with E-state index in [1.807, 2.05) is 13.0 Å². The van der Waals surface area contributed by atoms with Gasteiger partial charge in [-0.25, -0.2) is 9.18 Å². The van der Waals surface area contributed by atoms with Crippen molar-refractivity contribution in [2.45, 2.75) is 40.4 Å². The Balaban J connectivity index is 1.89. The Kier molecular flexibility index (Phi) is 5.71. The van der Waals surface area contributed by atoms with Crippen molar-refractivity contribution in [3.8, 4) is 11.8 Å². The Morgan fingerprint density at radius 1 is 1.17 bits per heavy atom. The van der Waals surface area contributed by atoms with Gasteiger partial charge in [-0.05, 0) is 48.2 Å². The minimum absolute atomic E-state index is 0.0689. The van der Waals surface area contributed by atoms with Crippen LogP contribution in [0.15, 0.2) is 59.5 Å². The Hall–Kier alpha value is -3.17. The van der Waals surface area contributed by atoms with E-state index in [0.29, 0.717) is 17.9 Å². The zero-order chi connectivity index (χ0) is 21.2. The van der Waals surface area contributed by atoms with Crippen molar-refractivity contribution in [1.29, 1.82) is 5.26 Å². The molecule has 29 heavy (non-hydrogen) atoms. The minimum Gasteiger partial charge on any atom is -0.292 e. The fraction of sp³-hybridized carbons (Fsp3) is 0.304. The lowest BCUT2D eigenvalue weighted by atomic mass is 9.82. The van der Waals surface area contributed by atoms with Crippen molar-refractivity contribution < 1.29 is 4.39 Å². The van der Waals surface area contributed by atoms with Crippen molar-refractivity contribution in [1.82, 2.24) is 14.5 Å². The van der Waals surface area contributed by atoms with Crippen molar-refractivity contribution >= 4 is 0 Å². The predicted octanol–water partition coefficient (Wildman–Crippen LogP) is 4.29. The molecule has 3 aromatic rings. The first-order chi connectivity index (χ1) is 13.7. The molecule has 0 amide bonds. The molecule has 0 aliphatic rings. The molecule has 1 atom stereocenters. The number of hydrogen-bond acceptors (Lipinski definition) is 3. The largest absolute Gasteiger partial charge is 0.334 e. The number of hydrogen-bond donors (Lipinski definition) is 1. The normalized spacial score (nSPS) is 12.6. The molecule has 0 radical (unpaired) electrons. The molecule has 0 bridgehead atoms. The molecular weight excluding hydrogens is 367 g/mol. The molecule has 1 aromatic heterocycles. The molecular formula is C23H25FN4O. The molecule has 0 saturated carbocycles. The molecule has 0 fully saturated rings. The Morgan fingerprint density at radius 2 is 1.86 bits per heavy atom. The molecule has 1 N–H and O–H groups in total. The van der Waals surface area contributed by atoms with Gasteiger partial charge >= 0.3 is 5.69 Å². The van der Waals surface area contributed by atoms with Gasteiger partial charge in [0.15, 0.2) is 0 Å². The van der Waals surface area contributed by atoms with Crippen LogP contribution in [-0.2, 0) is 6.67 Å². The monoisotopic (exact) mass is 392 g/mol. The standard InChI is InChI=1S/C23H25FN4O/c1-16-14-27(22(29)28(16)20-7-5-6-17(12-20)13-25)15-26-21(23(2,3)4)18-8-10-19(24)11-9-18/h5-12,14,21,26H,15H2,1-4H3/t21-/m1/s1. The lowest BCUT2D eigenvalue weighted by Gasteiger charge is -2.32. The maximum atomic E-state index is 13.3. The molecule has 6 heteroatoms. The van der Waals surface area contributed by atoms with Crippen LogP contribution >= 0.6 is 0 Å². The number of nitrogens with one attached hydrogen (secondary N) is 1. The van der Waals surface area contributed by atoms with E-state index in [2.05, 4.69) is 32.2 Å². The third-order valence-electron chi connectivity index (χ3n) is 4.90. The van der Waals surface area contributed by atoms with Crippen LogP contribution in [0.1, 0.15) is 43.6 Å². The van der Waals surface area contributed by atoms with E-state index in [1.54, 1.807) is 45.7 Å². The van der Waals surface area contributed by atoms with Gasteiger partial charge in [-0.2, -0.15) is 5.26 Å². The summed E-state index contributed by atoms with van der Waals surface area (Å²) in [6.07, 6.45) is 1.79. The molecule has 2 aromatic carbocycles. The number of imidazole rings is 1. The molecule has 1 heterocycles. The van der Waals surface area contributed by atoms with Gasteiger partial charge in [0.2, 0.25) is 0 Å². The van der Waals surface area contributed by atoms with E-state index in [1.165, 1.54) is 12.1 Å². The van der Waals surface area contributed by atoms with Gasteiger partial charge in [-0.3, -0.25) is 14.5 Å². The lowest BCUT2D eigenvalue weighted by Crippen LogP contribution is -2.36. The second kappa shape index (κ2) is 8.06. The Morgan fingerprint density at radius 3 is 2.48 bits per heavy atom. The summed E-state index contributed by atoms with van der Waals surface area (Å²) in [4.78, 5) is 13.0. The summed E-state index contributed by atoms with van der Waals surface area (Å²) in [7, 11) is 0. The summed E-state index contributed by atoms with van der Waals surface area (Å²) < 4.78 is 16.5. The molecule has 150 valence electrons. The number of nitriles is 1. The topological polar surface area (TPSA) is 62.8 Å². The van der Waals surface area contributed by atoms with Gasteiger partial charge in [-0.1, -0.05) is 39.0 Å². The highest BCUT2D eigenvalue weighted by Gasteiger charge is 2.26. The highest BCUT2D eigenvalue weighted by atomic mass is 19.1. The van der Waals surface area contributed by atoms with Gasteiger partial charge in [-0.15, -0.1) is 0 Å². The first kappa shape index (κ1) is 20.6. The summed E-state index contributed by atoms with van der Waals surface area (Å²) in [6, 6.07) is 15.4. The van der Waals surface area contributed by atoms with Crippen LogP contribution in [0.2, 0.25) is 0 Å². The summed E-state index contributed by atoms with van der Waals surface area (Å²) in [5.74, 6) is -0.273. The summed E-state index contributed by atoms with van der Waals surface area (Å²) in [5.41, 5.74) is 2.59. The zero-order valence-electron chi connectivity index (χ0n) is 17.1. The number of aromatic nitrogens is 2. The Bertz CT molecular complexity index is 1100. The van der Waals surface area contributed by atoms with E-state index >= 15 is 0 Å². The molecule has 0 aliphatic heterocycles. The molecule has 5 nitrogen and oxygen atoms in total. The number of rotatable bonds is 5. The van der Waals surface area contributed by atoms with Gasteiger partial charge in [0, 0.05) is 17.9 Å². The van der Waals surface area contributed by atoms with Crippen LogP contribution in [0.5, 0.6) is 0 Å². The maximum Gasteiger partial charge on any atom is 0.334 e. The quantitative estimate of drug-likeness (QED) is 0.704. The number of halogens is 1. The van der Waals surface area contributed by atoms with E-state index in [0.717, 1.165) is 11.3 Å². The first-order valence-corrected chi connectivity index (χ1v) is 9.49. The maximum absolute atomic E-state index is 13.3. The SMILES string of the molecule is Cc1cn(CN[C@H](c2ccc(F)cc2)C(C)(C)C)c(=O)n1-c1cccc(C#N)c1. The average molecular weight is 392 g/mol. The third-order valence-corrected chi connectivity index (χ3v) is 4.90. The van der Waals surface area contributed by atoms with Crippen molar-refractivity contribution in [2.24, 2.45) is 5.41 Å². The van der Waals surface area contributed by atoms with Crippen molar-refractivity contribution in [3.05, 3.63) is 87.9 Å². The van der Waals surface area contributed by atoms with E-state index in [9.17, 15) is 9.18 Å². The van der Waals surface area contributed by atoms with E-state index < -0.39 is 0 Å². The molecule has 0 saturated heterocycles. The number of aryl methyl sites for hydroxylation is 1. The van der Waals surface area contributed by atoms with Crippen molar-refractivity contribution in [2.75, 3.05) is 0 Å². The van der Waals surface area contributed by atoms with Gasteiger partial charge in [0.05, 0.1) is 24.0 Å². The number of benzene rings is 2. The van der Waals surface area contributed by atoms with E-state index in [4.69, 9.17) is 5.26 Å². The van der Waals surface area contributed by atoms with Crippen LogP contribution in [0.25, 0.3) is 5.69 Å². The summed E-state index contributed by atoms with van der Waals surface area (Å²) in [5, 5.41) is 12.6. The first-order valence-electron chi connectivity index (χ1n) is 9.49. The van der Waals surface area contributed by atoms with Gasteiger partial charge in [0.1, 0.15) is 5.82 Å². The smallest absolute Gasteiger partial charge is 0.292 e. The highest BCUT2D eigenvalue weighted by molar-refractivity contribution is 5.42. The molecule has 0 spiro atoms. The minimum atomic E-state index is -0.273. The Labute approximate surface area is 170 Å². The van der Waals surface area contributed by atoms with Gasteiger partial charge < -0.3 is 0 Å². The second-order valence-electron chi connectivity index (χ2n) is 8.23. The van der Waals surface area contributed by atoms with E-state index in [-0.39, 0.29) is 23.0 Å². The van der Waals surface area contributed by atoms with Crippen LogP contribution in [0.4, 0.5) is 4.39 Å². The predicted molar refractivity (Wildman–Crippen MR) is 111 cm³/mol. The highest BCUT2D eigenvalue weighted by Crippen LogP contribution is 2.32. The van der Waals surface area contributed by atoms with Crippen LogP contribution in [0, 0.1) is 29.5 Å². The fourth-order valence-electron chi connectivity index (χ4n) is 3.53. The average Bonchev–Trinajstić information content (AvgIpc) is 2.96. The fourth-order valence-corrected chi connectivity index (χ4v) is 3.53. The van der Waals surface area contributed by atoms with Crippen LogP contribution in [0.3, 0.4) is 0 Å². The lowest BCUT2D eigenvalue weighted by molar-refractivity contribution is 0.255. The van der Waals surface area contributed by atoms with Crippen molar-refractivity contribution in [3.63, 3.8) is 0 Å². The molecule has 3 rings (SSSR count). The second-order valence-corrected chi connectivity index (χ2v) is 8.23. The number of nitrogens with zero attached hydrogens (tertiary/aromatic N) is 3.